The van der Waals surface area contributed by atoms with Gasteiger partial charge in [-0.2, -0.15) is 5.53 Å². The van der Waals surface area contributed by atoms with Gasteiger partial charge in [0.1, 0.15) is 5.82 Å². The summed E-state index contributed by atoms with van der Waals surface area (Å²) in [6, 6.07) is 14.4. The Kier molecular flexibility index (Phi) is 8.23. The zero-order chi connectivity index (χ0) is 23.0. The Morgan fingerprint density at radius 1 is 1.22 bits per heavy atom. The van der Waals surface area contributed by atoms with Gasteiger partial charge in [-0.1, -0.05) is 46.8 Å². The van der Waals surface area contributed by atoms with Crippen LogP contribution in [-0.4, -0.2) is 50.1 Å². The molecular weight excluding hydrogens is 446 g/mol. The number of carbonyl (C=O) groups is 1. The summed E-state index contributed by atoms with van der Waals surface area (Å²) in [5, 5.41) is 19.5. The molecule has 1 amide bonds. The zero-order valence-corrected chi connectivity index (χ0v) is 19.5. The smallest absolute Gasteiger partial charge is 0.227 e. The van der Waals surface area contributed by atoms with Crippen molar-refractivity contribution in [3.63, 3.8) is 0 Å². The van der Waals surface area contributed by atoms with Crippen molar-refractivity contribution in [1.29, 1.82) is 10.9 Å². The van der Waals surface area contributed by atoms with Crippen LogP contribution in [0.15, 0.2) is 58.9 Å². The van der Waals surface area contributed by atoms with Crippen LogP contribution in [0.25, 0.3) is 0 Å². The fourth-order valence-corrected chi connectivity index (χ4v) is 5.79. The lowest BCUT2D eigenvalue weighted by atomic mass is 10.1. The molecule has 0 radical (unpaired) electrons. The second-order valence-corrected chi connectivity index (χ2v) is 10.6. The molecule has 3 N–H and O–H groups in total. The quantitative estimate of drug-likeness (QED) is 0.216. The predicted molar refractivity (Wildman–Crippen MR) is 129 cm³/mol. The third-order valence-corrected chi connectivity index (χ3v) is 7.86. The fraction of sp³-hybridized carbons (Fsp3) is 0.333. The minimum absolute atomic E-state index is 0.0540. The minimum atomic E-state index is -0.0870. The Hall–Kier alpha value is -2.92. The summed E-state index contributed by atoms with van der Waals surface area (Å²) < 4.78 is -0.0870. The highest BCUT2D eigenvalue weighted by molar-refractivity contribution is 8.21. The van der Waals surface area contributed by atoms with Crippen LogP contribution in [0.1, 0.15) is 24.6 Å². The number of rotatable bonds is 9. The molecule has 3 rings (SSSR count). The molecule has 1 aromatic carbocycles. The van der Waals surface area contributed by atoms with E-state index in [0.717, 1.165) is 16.5 Å². The normalized spacial score (nSPS) is 15.1. The summed E-state index contributed by atoms with van der Waals surface area (Å²) in [6.45, 7) is 2.15. The highest BCUT2D eigenvalue weighted by atomic mass is 32.2. The minimum Gasteiger partial charge on any atom is -0.389 e. The third-order valence-electron chi connectivity index (χ3n) is 4.57. The first-order chi connectivity index (χ1) is 15.4. The molecule has 2 aromatic rings. The number of amidine groups is 1. The zero-order valence-electron chi connectivity index (χ0n) is 17.9. The van der Waals surface area contributed by atoms with Gasteiger partial charge in [0.15, 0.2) is 18.2 Å². The molecule has 11 heteroatoms. The molecule has 1 aliphatic rings. The topological polar surface area (TPSA) is 127 Å². The van der Waals surface area contributed by atoms with Crippen molar-refractivity contribution in [1.82, 2.24) is 9.99 Å². The number of oxime groups is 1. The third kappa shape index (κ3) is 6.54. The molecule has 1 aliphatic heterocycles. The second-order valence-electron chi connectivity index (χ2n) is 7.12. The summed E-state index contributed by atoms with van der Waals surface area (Å²) >= 11 is 3.62. The molecule has 1 saturated heterocycles. The van der Waals surface area contributed by atoms with E-state index in [0.29, 0.717) is 23.5 Å². The molecule has 1 aromatic heterocycles. The Bertz CT molecular complexity index is 995. The first-order valence-corrected chi connectivity index (χ1v) is 11.9. The van der Waals surface area contributed by atoms with Gasteiger partial charge in [0.25, 0.3) is 0 Å². The van der Waals surface area contributed by atoms with E-state index in [4.69, 9.17) is 15.8 Å². The second kappa shape index (κ2) is 11.1. The van der Waals surface area contributed by atoms with Crippen molar-refractivity contribution in [2.75, 3.05) is 23.9 Å². The van der Waals surface area contributed by atoms with E-state index >= 15 is 0 Å². The van der Waals surface area contributed by atoms with Crippen LogP contribution in [0.2, 0.25) is 0 Å². The maximum Gasteiger partial charge on any atom is 0.227 e. The van der Waals surface area contributed by atoms with Gasteiger partial charge in [0.05, 0.1) is 16.2 Å². The van der Waals surface area contributed by atoms with E-state index in [1.54, 1.807) is 30.3 Å². The summed E-state index contributed by atoms with van der Waals surface area (Å²) in [5.41, 5.74) is 8.63. The van der Waals surface area contributed by atoms with E-state index in [2.05, 4.69) is 27.6 Å². The molecule has 0 bridgehead atoms. The number of anilines is 1. The van der Waals surface area contributed by atoms with Gasteiger partial charge in [0, 0.05) is 24.1 Å². The summed E-state index contributed by atoms with van der Waals surface area (Å²) in [4.78, 5) is 22.3. The number of carbonyl (C=O) groups excluding carboxylic acids is 1. The number of nitrogens with zero attached hydrogens (tertiary/aromatic N) is 4. The van der Waals surface area contributed by atoms with Gasteiger partial charge in [-0.3, -0.25) is 10.2 Å². The number of thioether (sulfide) groups is 2. The lowest BCUT2D eigenvalue weighted by Gasteiger charge is -2.20. The molecule has 0 unspecified atom stereocenters. The Morgan fingerprint density at radius 3 is 2.62 bits per heavy atom. The summed E-state index contributed by atoms with van der Waals surface area (Å²) in [5.74, 6) is 2.44. The van der Waals surface area contributed by atoms with Crippen molar-refractivity contribution in [2.45, 2.75) is 24.0 Å². The lowest BCUT2D eigenvalue weighted by Crippen LogP contribution is -2.29. The van der Waals surface area contributed by atoms with E-state index in [9.17, 15) is 4.79 Å². The molecule has 0 saturated carbocycles. The van der Waals surface area contributed by atoms with Crippen molar-refractivity contribution in [3.8, 4) is 0 Å². The van der Waals surface area contributed by atoms with E-state index in [1.165, 1.54) is 7.05 Å². The van der Waals surface area contributed by atoms with Gasteiger partial charge >= 0.3 is 0 Å². The molecule has 168 valence electrons. The Balaban J connectivity index is 1.65. The number of amides is 1. The SMILES string of the molecule is CN(N=N)C(=N)/C(=N\OCc1cccc(NC(=O)CC2(C)SCCS2)n1)c1ccccc1. The van der Waals surface area contributed by atoms with E-state index < -0.39 is 0 Å². The highest BCUT2D eigenvalue weighted by Gasteiger charge is 2.32. The van der Waals surface area contributed by atoms with Crippen molar-refractivity contribution < 1.29 is 9.63 Å². The number of hydrogen-bond acceptors (Lipinski definition) is 9. The monoisotopic (exact) mass is 471 g/mol. The number of nitrogens with one attached hydrogen (secondary N) is 3. The van der Waals surface area contributed by atoms with Crippen LogP contribution in [0, 0.1) is 10.9 Å². The molecule has 0 atom stereocenters. The standard InChI is InChI=1S/C21H25N7O2S2/c1-21(31-11-12-32-21)13-18(29)25-17-10-6-9-16(24-17)14-30-26-19(20(22)28(2)27-23)15-7-4-3-5-8-15/h3-10,22-23H,11-14H2,1-2H3,(H,24,25,29)/b22-20?,26-19-,27-23?. The van der Waals surface area contributed by atoms with Crippen LogP contribution in [0.3, 0.4) is 0 Å². The van der Waals surface area contributed by atoms with Crippen LogP contribution >= 0.6 is 23.5 Å². The predicted octanol–water partition coefficient (Wildman–Crippen LogP) is 4.38. The maximum absolute atomic E-state index is 12.4. The molecule has 0 aliphatic carbocycles. The average Bonchev–Trinajstić information content (AvgIpc) is 3.22. The molecular formula is C21H25N7O2S2. The van der Waals surface area contributed by atoms with Crippen LogP contribution in [-0.2, 0) is 16.2 Å². The highest BCUT2D eigenvalue weighted by Crippen LogP contribution is 2.45. The first-order valence-electron chi connectivity index (χ1n) is 9.89. The molecule has 0 spiro atoms. The molecule has 9 nitrogen and oxygen atoms in total. The van der Waals surface area contributed by atoms with Crippen LogP contribution in [0.5, 0.6) is 0 Å². The van der Waals surface area contributed by atoms with Gasteiger partial charge in [0.2, 0.25) is 5.91 Å². The van der Waals surface area contributed by atoms with Crippen LogP contribution in [0.4, 0.5) is 5.82 Å². The molecule has 2 heterocycles. The van der Waals surface area contributed by atoms with Crippen molar-refractivity contribution >= 4 is 46.8 Å². The van der Waals surface area contributed by atoms with Crippen molar-refractivity contribution in [3.05, 3.63) is 59.8 Å². The Morgan fingerprint density at radius 2 is 1.94 bits per heavy atom. The number of hydrogen-bond donors (Lipinski definition) is 3. The largest absolute Gasteiger partial charge is 0.389 e. The Labute approximate surface area is 195 Å². The fourth-order valence-electron chi connectivity index (χ4n) is 2.96. The van der Waals surface area contributed by atoms with E-state index in [1.807, 2.05) is 41.7 Å². The van der Waals surface area contributed by atoms with Crippen LogP contribution < -0.4 is 5.32 Å². The number of aromatic nitrogens is 1. The summed E-state index contributed by atoms with van der Waals surface area (Å²) in [7, 11) is 1.49. The number of benzene rings is 1. The van der Waals surface area contributed by atoms with Crippen molar-refractivity contribution in [2.24, 2.45) is 10.4 Å². The lowest BCUT2D eigenvalue weighted by molar-refractivity contribution is -0.116. The van der Waals surface area contributed by atoms with Gasteiger partial charge in [-0.05, 0) is 19.1 Å². The number of pyridine rings is 1. The first kappa shape index (κ1) is 23.7. The van der Waals surface area contributed by atoms with Gasteiger partial charge < -0.3 is 10.2 Å². The van der Waals surface area contributed by atoms with Gasteiger partial charge in [-0.25, -0.2) is 9.99 Å². The molecule has 1 fully saturated rings. The summed E-state index contributed by atoms with van der Waals surface area (Å²) in [6.07, 6.45) is 0.423. The maximum atomic E-state index is 12.4. The number of likely N-dealkylation sites (N-methyl/N-ethyl adjacent to an activating group) is 1. The molecule has 32 heavy (non-hydrogen) atoms. The average molecular weight is 472 g/mol. The van der Waals surface area contributed by atoms with Gasteiger partial charge in [-0.15, -0.1) is 23.5 Å². The van der Waals surface area contributed by atoms with E-state index in [-0.39, 0.29) is 28.1 Å².